The Bertz CT molecular complexity index is 564. The summed E-state index contributed by atoms with van der Waals surface area (Å²) in [5, 5.41) is 12.3. The zero-order chi connectivity index (χ0) is 16.8. The molecule has 6 nitrogen and oxygen atoms in total. The third kappa shape index (κ3) is 4.60. The number of likely N-dealkylation sites (tertiary alicyclic amines) is 1. The van der Waals surface area contributed by atoms with E-state index in [0.29, 0.717) is 13.1 Å². The molecule has 24 heavy (non-hydrogen) atoms. The average molecular weight is 333 g/mol. The topological polar surface area (TPSA) is 74.7 Å². The average Bonchev–Trinajstić information content (AvgIpc) is 3.07. The molecular formula is C18H27N3O3. The summed E-state index contributed by atoms with van der Waals surface area (Å²) in [6, 6.07) is 4.29. The molecule has 2 aliphatic rings. The predicted octanol–water partition coefficient (Wildman–Crippen LogP) is 2.92. The minimum atomic E-state index is -0.839. The summed E-state index contributed by atoms with van der Waals surface area (Å²) in [6.07, 6.45) is 6.59. The van der Waals surface area contributed by atoms with Gasteiger partial charge in [-0.1, -0.05) is 6.42 Å². The van der Waals surface area contributed by atoms with E-state index >= 15 is 0 Å². The third-order valence-electron chi connectivity index (χ3n) is 4.78. The van der Waals surface area contributed by atoms with Crippen LogP contribution in [0.1, 0.15) is 43.5 Å². The molecule has 132 valence electrons. The Balaban J connectivity index is 1.28. The molecule has 2 aliphatic heterocycles. The van der Waals surface area contributed by atoms with Crippen LogP contribution in [0.5, 0.6) is 0 Å². The molecule has 0 bridgehead atoms. The second-order valence-corrected chi connectivity index (χ2v) is 6.65. The molecule has 0 radical (unpaired) electrons. The number of hydrogen-bond acceptors (Lipinski definition) is 4. The smallest absolute Gasteiger partial charge is 0.407 e. The van der Waals surface area contributed by atoms with Crippen LogP contribution in [0.15, 0.2) is 12.1 Å². The van der Waals surface area contributed by atoms with Crippen molar-refractivity contribution in [2.45, 2.75) is 51.0 Å². The molecule has 3 rings (SSSR count). The van der Waals surface area contributed by atoms with Crippen molar-refractivity contribution in [2.24, 2.45) is 0 Å². The number of aryl methyl sites for hydroxylation is 2. The second-order valence-electron chi connectivity index (χ2n) is 6.65. The lowest BCUT2D eigenvalue weighted by Gasteiger charge is -2.17. The number of carbonyl (C=O) groups is 1. The van der Waals surface area contributed by atoms with Crippen molar-refractivity contribution in [2.75, 3.05) is 31.6 Å². The first-order valence-electron chi connectivity index (χ1n) is 9.04. The van der Waals surface area contributed by atoms with E-state index in [1.165, 1.54) is 28.4 Å². The first-order valence-corrected chi connectivity index (χ1v) is 9.04. The van der Waals surface area contributed by atoms with Gasteiger partial charge in [-0.3, -0.25) is 4.98 Å². The summed E-state index contributed by atoms with van der Waals surface area (Å²) >= 11 is 0. The van der Waals surface area contributed by atoms with Gasteiger partial charge in [0.25, 0.3) is 0 Å². The lowest BCUT2D eigenvalue weighted by Crippen LogP contribution is -2.28. The Hall–Kier alpha value is -1.82. The van der Waals surface area contributed by atoms with E-state index in [0.717, 1.165) is 51.7 Å². The number of carboxylic acid groups (broad SMARTS) is 1. The van der Waals surface area contributed by atoms with Crippen molar-refractivity contribution in [3.8, 4) is 0 Å². The van der Waals surface area contributed by atoms with Gasteiger partial charge in [-0.2, -0.15) is 0 Å². The van der Waals surface area contributed by atoms with Crippen LogP contribution >= 0.6 is 0 Å². The lowest BCUT2D eigenvalue weighted by atomic mass is 10.1. The van der Waals surface area contributed by atoms with E-state index in [4.69, 9.17) is 14.8 Å². The molecule has 0 aliphatic carbocycles. The first kappa shape index (κ1) is 17.0. The molecule has 0 aromatic carbocycles. The Labute approximate surface area is 143 Å². The number of fused-ring (bicyclic) bond motifs is 1. The van der Waals surface area contributed by atoms with E-state index in [-0.39, 0.29) is 6.10 Å². The van der Waals surface area contributed by atoms with Gasteiger partial charge in [-0.05, 0) is 50.7 Å². The molecule has 1 saturated heterocycles. The summed E-state index contributed by atoms with van der Waals surface area (Å²) in [7, 11) is 0. The number of ether oxygens (including phenoxy) is 1. The van der Waals surface area contributed by atoms with Gasteiger partial charge in [-0.15, -0.1) is 0 Å². The van der Waals surface area contributed by atoms with Crippen molar-refractivity contribution in [3.05, 3.63) is 23.5 Å². The number of anilines is 1. The molecule has 2 N–H and O–H groups in total. The van der Waals surface area contributed by atoms with Gasteiger partial charge >= 0.3 is 6.09 Å². The molecule has 0 spiro atoms. The molecule has 1 fully saturated rings. The second kappa shape index (κ2) is 8.33. The zero-order valence-electron chi connectivity index (χ0n) is 14.2. The molecule has 1 aromatic rings. The maximum absolute atomic E-state index is 10.8. The van der Waals surface area contributed by atoms with E-state index in [2.05, 4.69) is 17.4 Å². The summed E-state index contributed by atoms with van der Waals surface area (Å²) < 4.78 is 5.78. The van der Waals surface area contributed by atoms with Gasteiger partial charge < -0.3 is 20.1 Å². The fraction of sp³-hybridized carbons (Fsp3) is 0.667. The van der Waals surface area contributed by atoms with Crippen LogP contribution in [0.3, 0.4) is 0 Å². The molecular weight excluding hydrogens is 306 g/mol. The highest BCUT2D eigenvalue weighted by Gasteiger charge is 2.26. The monoisotopic (exact) mass is 333 g/mol. The Morgan fingerprint density at radius 1 is 1.38 bits per heavy atom. The van der Waals surface area contributed by atoms with E-state index < -0.39 is 6.09 Å². The molecule has 1 amide bonds. The van der Waals surface area contributed by atoms with Crippen molar-refractivity contribution >= 4 is 11.8 Å². The number of pyridine rings is 1. The van der Waals surface area contributed by atoms with E-state index in [9.17, 15) is 4.79 Å². The number of nitrogens with zero attached hydrogens (tertiary/aromatic N) is 2. The van der Waals surface area contributed by atoms with Crippen LogP contribution in [0.4, 0.5) is 10.5 Å². The standard InChI is InChI=1S/C18H27N3O3/c22-18(23)21-11-9-15(13-21)24-12-3-1-2-5-14-7-8-16-17(20-14)6-4-10-19-16/h7-8,15,19H,1-6,9-13H2,(H,22,23). The summed E-state index contributed by atoms with van der Waals surface area (Å²) in [5.74, 6) is 0. The highest BCUT2D eigenvalue weighted by atomic mass is 16.5. The maximum atomic E-state index is 10.8. The SMILES string of the molecule is O=C(O)N1CCC(OCCCCCc2ccc3c(n2)CCCN3)C1. The molecule has 6 heteroatoms. The van der Waals surface area contributed by atoms with Crippen molar-refractivity contribution in [1.29, 1.82) is 0 Å². The Kier molecular flexibility index (Phi) is 5.91. The van der Waals surface area contributed by atoms with Crippen LogP contribution in [-0.2, 0) is 17.6 Å². The largest absolute Gasteiger partial charge is 0.465 e. The highest BCUT2D eigenvalue weighted by molar-refractivity contribution is 5.65. The Morgan fingerprint density at radius 2 is 2.29 bits per heavy atom. The van der Waals surface area contributed by atoms with E-state index in [1.807, 2.05) is 0 Å². The zero-order valence-corrected chi connectivity index (χ0v) is 14.2. The Morgan fingerprint density at radius 3 is 3.12 bits per heavy atom. The predicted molar refractivity (Wildman–Crippen MR) is 92.6 cm³/mol. The van der Waals surface area contributed by atoms with Gasteiger partial charge in [0.05, 0.1) is 24.0 Å². The van der Waals surface area contributed by atoms with Crippen LogP contribution in [0.25, 0.3) is 0 Å². The lowest BCUT2D eigenvalue weighted by molar-refractivity contribution is 0.0560. The molecule has 1 aromatic heterocycles. The number of rotatable bonds is 7. The van der Waals surface area contributed by atoms with Crippen LogP contribution in [-0.4, -0.2) is 53.4 Å². The number of amides is 1. The van der Waals surface area contributed by atoms with Gasteiger partial charge in [0.15, 0.2) is 0 Å². The summed E-state index contributed by atoms with van der Waals surface area (Å²) in [6.45, 7) is 2.89. The molecule has 1 unspecified atom stereocenters. The molecule has 0 saturated carbocycles. The van der Waals surface area contributed by atoms with Crippen LogP contribution in [0, 0.1) is 0 Å². The van der Waals surface area contributed by atoms with Gasteiger partial charge in [0.2, 0.25) is 0 Å². The highest BCUT2D eigenvalue weighted by Crippen LogP contribution is 2.20. The van der Waals surface area contributed by atoms with E-state index in [1.54, 1.807) is 0 Å². The van der Waals surface area contributed by atoms with Gasteiger partial charge in [0.1, 0.15) is 0 Å². The minimum absolute atomic E-state index is 0.0795. The van der Waals surface area contributed by atoms with Crippen molar-refractivity contribution < 1.29 is 14.6 Å². The molecule has 3 heterocycles. The van der Waals surface area contributed by atoms with Gasteiger partial charge in [-0.25, -0.2) is 4.79 Å². The van der Waals surface area contributed by atoms with Crippen molar-refractivity contribution in [1.82, 2.24) is 9.88 Å². The summed E-state index contributed by atoms with van der Waals surface area (Å²) in [5.41, 5.74) is 3.60. The third-order valence-corrected chi connectivity index (χ3v) is 4.78. The fourth-order valence-electron chi connectivity index (χ4n) is 3.39. The molecule has 1 atom stereocenters. The normalized spacial score (nSPS) is 19.8. The number of unbranched alkanes of at least 4 members (excludes halogenated alkanes) is 2. The van der Waals surface area contributed by atoms with Crippen molar-refractivity contribution in [3.63, 3.8) is 0 Å². The van der Waals surface area contributed by atoms with Crippen LogP contribution < -0.4 is 5.32 Å². The minimum Gasteiger partial charge on any atom is -0.465 e. The first-order chi connectivity index (χ1) is 11.7. The summed E-state index contributed by atoms with van der Waals surface area (Å²) in [4.78, 5) is 17.0. The number of hydrogen-bond donors (Lipinski definition) is 2. The van der Waals surface area contributed by atoms with Gasteiger partial charge in [0, 0.05) is 25.4 Å². The number of nitrogens with one attached hydrogen (secondary N) is 1. The van der Waals surface area contributed by atoms with Crippen LogP contribution in [0.2, 0.25) is 0 Å². The maximum Gasteiger partial charge on any atom is 0.407 e. The number of aromatic nitrogens is 1. The fourth-order valence-corrected chi connectivity index (χ4v) is 3.39. The quantitative estimate of drug-likeness (QED) is 0.751.